The Morgan fingerprint density at radius 2 is 2.09 bits per heavy atom. The maximum Gasteiger partial charge on any atom is 0.419 e. The van der Waals surface area contributed by atoms with Crippen molar-refractivity contribution in [3.63, 3.8) is 0 Å². The molecular weight excluding hydrogens is 462 g/mol. The molecule has 170 valence electrons. The number of nitrogens with one attached hydrogen (secondary N) is 1. The van der Waals surface area contributed by atoms with Crippen LogP contribution in [0.3, 0.4) is 0 Å². The van der Waals surface area contributed by atoms with Gasteiger partial charge in [-0.15, -0.1) is 0 Å². The van der Waals surface area contributed by atoms with Crippen LogP contribution in [0.2, 0.25) is 0 Å². The molecule has 1 spiro atoms. The maximum absolute atomic E-state index is 15.0. The zero-order valence-electron chi connectivity index (χ0n) is 18.9. The Morgan fingerprint density at radius 3 is 2.64 bits per heavy atom. The van der Waals surface area contributed by atoms with Crippen LogP contribution in [0.4, 0.5) is 28.9 Å². The molecule has 0 bridgehead atoms. The summed E-state index contributed by atoms with van der Waals surface area (Å²) in [6, 6.07) is 1.51. The van der Waals surface area contributed by atoms with Gasteiger partial charge in [0.2, 0.25) is 0 Å². The van der Waals surface area contributed by atoms with Gasteiger partial charge in [-0.3, -0.25) is 14.5 Å². The second-order valence-electron chi connectivity index (χ2n) is 7.41. The summed E-state index contributed by atoms with van der Waals surface area (Å²) < 4.78 is 72.1. The number of nitrogens with zero attached hydrogens (tertiary/aromatic N) is 4. The third kappa shape index (κ3) is 3.39. The van der Waals surface area contributed by atoms with Gasteiger partial charge in [-0.1, -0.05) is 0 Å². The molecule has 1 N–H and O–H groups in total. The molecule has 4 rings (SSSR count). The molecule has 2 amide bonds. The van der Waals surface area contributed by atoms with Crippen molar-refractivity contribution in [3.8, 4) is 6.07 Å². The summed E-state index contributed by atoms with van der Waals surface area (Å²) in [7, 11) is 1.25. The molecule has 0 unspecified atom stereocenters. The molecule has 7 nitrogen and oxygen atoms in total. The fraction of sp³-hybridized carbons (Fsp3) is 0.286. The van der Waals surface area contributed by atoms with E-state index in [1.165, 1.54) is 13.1 Å². The second-order valence-corrected chi connectivity index (χ2v) is 7.78. The van der Waals surface area contributed by atoms with E-state index in [1.54, 1.807) is 0 Å². The lowest BCUT2D eigenvalue weighted by Crippen LogP contribution is -2.55. The Labute approximate surface area is 193 Å². The molecule has 33 heavy (non-hydrogen) atoms. The Morgan fingerprint density at radius 1 is 1.39 bits per heavy atom. The standard InChI is InChI=1S/C21H15F4N5O2S/c1-27-17(31)13-4-3-11(8-15(13)22)30-19(33)29(18(32)20(30)5-2-6-20)12-7-14(21(23,24)25)16(9-26)28-10-12/h3-4,7-8,10H,2,5-6H2,1H3,(H,27,31)/i3D,8D. The Hall–Kier alpha value is -3.59. The summed E-state index contributed by atoms with van der Waals surface area (Å²) in [5, 5.41) is 10.8. The number of aromatic nitrogens is 1. The van der Waals surface area contributed by atoms with Gasteiger partial charge in [0.05, 0.1) is 25.8 Å². The van der Waals surface area contributed by atoms with Crippen LogP contribution in [0.1, 0.15) is 43.6 Å². The van der Waals surface area contributed by atoms with E-state index in [1.807, 2.05) is 0 Å². The highest BCUT2D eigenvalue weighted by Gasteiger charge is 2.59. The molecule has 1 aliphatic heterocycles. The molecule has 2 fully saturated rings. The predicted octanol–water partition coefficient (Wildman–Crippen LogP) is 3.53. The minimum Gasteiger partial charge on any atom is -0.355 e. The van der Waals surface area contributed by atoms with Gasteiger partial charge in [0.15, 0.2) is 10.8 Å². The molecule has 2 aromatic rings. The van der Waals surface area contributed by atoms with Gasteiger partial charge in [0, 0.05) is 12.7 Å². The molecule has 12 heteroatoms. The number of carbonyl (C=O) groups excluding carboxylic acids is 2. The summed E-state index contributed by atoms with van der Waals surface area (Å²) in [4.78, 5) is 30.9. The second kappa shape index (κ2) is 7.77. The summed E-state index contributed by atoms with van der Waals surface area (Å²) in [6.45, 7) is 0. The van der Waals surface area contributed by atoms with E-state index in [0.717, 1.165) is 22.1 Å². The summed E-state index contributed by atoms with van der Waals surface area (Å²) in [5.41, 5.74) is -4.97. The van der Waals surface area contributed by atoms with Crippen molar-refractivity contribution in [2.75, 3.05) is 16.8 Å². The van der Waals surface area contributed by atoms with Crippen LogP contribution in [-0.2, 0) is 11.0 Å². The Kier molecular flexibility index (Phi) is 4.72. The third-order valence-electron chi connectivity index (χ3n) is 5.65. The summed E-state index contributed by atoms with van der Waals surface area (Å²) >= 11 is 5.41. The van der Waals surface area contributed by atoms with E-state index in [4.69, 9.17) is 20.2 Å². The molecule has 2 heterocycles. The van der Waals surface area contributed by atoms with E-state index < -0.39 is 58.3 Å². The summed E-state index contributed by atoms with van der Waals surface area (Å²) in [6.07, 6.45) is -3.12. The van der Waals surface area contributed by atoms with Crippen LogP contribution in [-0.4, -0.2) is 34.5 Å². The number of anilines is 2. The van der Waals surface area contributed by atoms with Crippen LogP contribution in [0.15, 0.2) is 30.4 Å². The molecule has 2 aliphatic rings. The first-order valence-corrected chi connectivity index (χ1v) is 9.97. The fourth-order valence-electron chi connectivity index (χ4n) is 3.87. The zero-order chi connectivity index (χ0) is 25.9. The Bertz CT molecular complexity index is 1340. The quantitative estimate of drug-likeness (QED) is 0.535. The van der Waals surface area contributed by atoms with Crippen LogP contribution >= 0.6 is 12.2 Å². The molecule has 0 atom stereocenters. The first-order chi connectivity index (χ1) is 16.4. The van der Waals surface area contributed by atoms with Crippen molar-refractivity contribution >= 4 is 40.5 Å². The highest BCUT2D eigenvalue weighted by atomic mass is 32.1. The SMILES string of the molecule is [2H]c1cc(C(=O)NC)c(F)c([2H])c1N1C(=S)N(c2cnc(C#N)c(C(F)(F)F)c2)C(=O)C12CCC2. The largest absolute Gasteiger partial charge is 0.419 e. The van der Waals surface area contributed by atoms with Gasteiger partial charge in [0.25, 0.3) is 11.8 Å². The molecule has 1 aliphatic carbocycles. The third-order valence-corrected chi connectivity index (χ3v) is 6.01. The number of rotatable bonds is 3. The number of halogens is 4. The van der Waals surface area contributed by atoms with Crippen LogP contribution in [0, 0.1) is 17.1 Å². The lowest BCUT2D eigenvalue weighted by Gasteiger charge is -2.43. The minimum absolute atomic E-state index is 0.190. The molecule has 1 saturated heterocycles. The van der Waals surface area contributed by atoms with Crippen molar-refractivity contribution < 1.29 is 29.9 Å². The highest BCUT2D eigenvalue weighted by molar-refractivity contribution is 7.81. The lowest BCUT2D eigenvalue weighted by molar-refractivity contribution is -0.138. The van der Waals surface area contributed by atoms with Gasteiger partial charge in [-0.25, -0.2) is 9.37 Å². The first kappa shape index (κ1) is 20.0. The fourth-order valence-corrected chi connectivity index (χ4v) is 4.33. The maximum atomic E-state index is 15.0. The van der Waals surface area contributed by atoms with Crippen LogP contribution < -0.4 is 15.1 Å². The van der Waals surface area contributed by atoms with Crippen molar-refractivity contribution in [1.82, 2.24) is 10.3 Å². The predicted molar refractivity (Wildman–Crippen MR) is 113 cm³/mol. The number of nitriles is 1. The molecule has 1 saturated carbocycles. The van der Waals surface area contributed by atoms with E-state index in [0.29, 0.717) is 12.5 Å². The Balaban J connectivity index is 1.89. The molecule has 1 aromatic carbocycles. The van der Waals surface area contributed by atoms with Gasteiger partial charge in [-0.05, 0) is 55.7 Å². The molecular formula is C21H15F4N5O2S. The minimum atomic E-state index is -4.94. The topological polar surface area (TPSA) is 89.3 Å². The molecule has 1 aromatic heterocycles. The molecule has 0 radical (unpaired) electrons. The van der Waals surface area contributed by atoms with Crippen molar-refractivity contribution in [3.05, 3.63) is 53.1 Å². The number of pyridine rings is 1. The summed E-state index contributed by atoms with van der Waals surface area (Å²) in [5.74, 6) is -2.82. The number of alkyl halides is 3. The zero-order valence-corrected chi connectivity index (χ0v) is 17.7. The smallest absolute Gasteiger partial charge is 0.355 e. The van der Waals surface area contributed by atoms with E-state index in [9.17, 15) is 27.2 Å². The van der Waals surface area contributed by atoms with Gasteiger partial charge < -0.3 is 10.2 Å². The van der Waals surface area contributed by atoms with E-state index in [2.05, 4.69) is 10.3 Å². The highest BCUT2D eigenvalue weighted by Crippen LogP contribution is 2.48. The van der Waals surface area contributed by atoms with Crippen molar-refractivity contribution in [2.45, 2.75) is 31.0 Å². The van der Waals surface area contributed by atoms with Gasteiger partial charge >= 0.3 is 6.18 Å². The van der Waals surface area contributed by atoms with E-state index >= 15 is 0 Å². The van der Waals surface area contributed by atoms with Gasteiger partial charge in [0.1, 0.15) is 17.4 Å². The van der Waals surface area contributed by atoms with Crippen molar-refractivity contribution in [1.29, 1.82) is 5.26 Å². The average Bonchev–Trinajstić information content (AvgIpc) is 3.01. The monoisotopic (exact) mass is 479 g/mol. The van der Waals surface area contributed by atoms with Crippen LogP contribution in [0.25, 0.3) is 0 Å². The lowest BCUT2D eigenvalue weighted by atomic mass is 9.75. The first-order valence-electron chi connectivity index (χ1n) is 10.6. The average molecular weight is 479 g/mol. The van der Waals surface area contributed by atoms with Crippen molar-refractivity contribution in [2.24, 2.45) is 0 Å². The van der Waals surface area contributed by atoms with Crippen LogP contribution in [0.5, 0.6) is 0 Å². The number of hydrogen-bond acceptors (Lipinski definition) is 5. The van der Waals surface area contributed by atoms with Gasteiger partial charge in [-0.2, -0.15) is 18.4 Å². The number of hydrogen-bond donors (Lipinski definition) is 1. The number of amides is 2. The number of benzene rings is 1. The van der Waals surface area contributed by atoms with E-state index in [-0.39, 0.29) is 29.3 Å². The number of thiocarbonyl (C=S) groups is 1. The number of carbonyl (C=O) groups is 2. The normalized spacial score (nSPS) is 18.1.